The third-order valence-corrected chi connectivity index (χ3v) is 4.48. The second-order valence-corrected chi connectivity index (χ2v) is 7.11. The number of benzene rings is 2. The minimum atomic E-state index is -0.0169. The topological polar surface area (TPSA) is 51.2 Å². The van der Waals surface area contributed by atoms with Gasteiger partial charge in [0.15, 0.2) is 11.6 Å². The average molecular weight is 397 g/mol. The van der Waals surface area contributed by atoms with Crippen LogP contribution in [0.5, 0.6) is 0 Å². The maximum atomic E-state index is 12.7. The van der Waals surface area contributed by atoms with Crippen LogP contribution >= 0.6 is 0 Å². The van der Waals surface area contributed by atoms with Gasteiger partial charge in [-0.25, -0.2) is 0 Å². The van der Waals surface area contributed by atoms with Crippen molar-refractivity contribution in [3.63, 3.8) is 0 Å². The summed E-state index contributed by atoms with van der Waals surface area (Å²) in [6.45, 7) is 15.2. The highest BCUT2D eigenvalue weighted by molar-refractivity contribution is 6.12. The SMILES string of the molecule is CC.CC(=O)C(C)C.CCCC(=O)c1ccc(C)c(C(=O)c2ccccc2C)c1. The van der Waals surface area contributed by atoms with Crippen molar-refractivity contribution >= 4 is 17.3 Å². The first kappa shape index (κ1) is 26.4. The Hall–Kier alpha value is -2.55. The summed E-state index contributed by atoms with van der Waals surface area (Å²) in [5.41, 5.74) is 3.79. The van der Waals surface area contributed by atoms with Crippen molar-refractivity contribution in [2.45, 2.75) is 68.2 Å². The number of Topliss-reactive ketones (excluding diaryl/α,β-unsaturated/α-hetero) is 2. The number of aryl methyl sites for hydroxylation is 2. The highest BCUT2D eigenvalue weighted by Crippen LogP contribution is 2.19. The summed E-state index contributed by atoms with van der Waals surface area (Å²) >= 11 is 0. The summed E-state index contributed by atoms with van der Waals surface area (Å²) < 4.78 is 0. The number of hydrogen-bond donors (Lipinski definition) is 0. The predicted octanol–water partition coefficient (Wildman–Crippen LogP) is 6.77. The quantitative estimate of drug-likeness (QED) is 0.506. The molecule has 29 heavy (non-hydrogen) atoms. The molecule has 2 rings (SSSR count). The standard InChI is InChI=1S/C19H20O2.C5H10O.C2H6/c1-4-7-18(20)15-11-10-14(3)17(12-15)19(21)16-9-6-5-8-13(16)2;1-4(2)5(3)6;1-2/h5-6,8-12H,4,7H2,1-3H3;4H,1-3H3;1-2H3. The van der Waals surface area contributed by atoms with Crippen molar-refractivity contribution in [1.82, 2.24) is 0 Å². The van der Waals surface area contributed by atoms with Gasteiger partial charge < -0.3 is 0 Å². The minimum Gasteiger partial charge on any atom is -0.300 e. The Morgan fingerprint density at radius 2 is 1.38 bits per heavy atom. The fourth-order valence-corrected chi connectivity index (χ4v) is 2.38. The van der Waals surface area contributed by atoms with Crippen LogP contribution in [0.2, 0.25) is 0 Å². The van der Waals surface area contributed by atoms with Gasteiger partial charge in [0.2, 0.25) is 0 Å². The van der Waals surface area contributed by atoms with Crippen LogP contribution in [0.15, 0.2) is 42.5 Å². The molecule has 3 nitrogen and oxygen atoms in total. The Morgan fingerprint density at radius 3 is 1.86 bits per heavy atom. The van der Waals surface area contributed by atoms with E-state index in [4.69, 9.17) is 0 Å². The Kier molecular flexibility index (Phi) is 12.4. The van der Waals surface area contributed by atoms with Crippen LogP contribution in [0.1, 0.15) is 91.8 Å². The molecular weight excluding hydrogens is 360 g/mol. The first-order valence-corrected chi connectivity index (χ1v) is 10.4. The van der Waals surface area contributed by atoms with E-state index in [0.29, 0.717) is 23.1 Å². The highest BCUT2D eigenvalue weighted by atomic mass is 16.1. The Morgan fingerprint density at radius 1 is 0.862 bits per heavy atom. The molecule has 0 aliphatic rings. The van der Waals surface area contributed by atoms with Gasteiger partial charge in [0.05, 0.1) is 0 Å². The Balaban J connectivity index is 0.000000841. The van der Waals surface area contributed by atoms with Crippen LogP contribution in [-0.2, 0) is 4.79 Å². The number of hydrogen-bond acceptors (Lipinski definition) is 3. The molecule has 0 aromatic heterocycles. The molecular formula is C26H36O3. The van der Waals surface area contributed by atoms with Gasteiger partial charge in [0.25, 0.3) is 0 Å². The van der Waals surface area contributed by atoms with Crippen LogP contribution < -0.4 is 0 Å². The first-order chi connectivity index (χ1) is 13.7. The number of carbonyl (C=O) groups excluding carboxylic acids is 3. The van der Waals surface area contributed by atoms with Gasteiger partial charge in [-0.05, 0) is 44.4 Å². The molecule has 0 heterocycles. The second kappa shape index (κ2) is 13.6. The van der Waals surface area contributed by atoms with Crippen LogP contribution in [-0.4, -0.2) is 17.3 Å². The maximum Gasteiger partial charge on any atom is 0.193 e. The molecule has 0 spiro atoms. The van der Waals surface area contributed by atoms with Crippen LogP contribution in [0.3, 0.4) is 0 Å². The van der Waals surface area contributed by atoms with E-state index in [-0.39, 0.29) is 23.3 Å². The van der Waals surface area contributed by atoms with Gasteiger partial charge in [0.1, 0.15) is 5.78 Å². The molecule has 0 atom stereocenters. The van der Waals surface area contributed by atoms with Crippen LogP contribution in [0.25, 0.3) is 0 Å². The third-order valence-electron chi connectivity index (χ3n) is 4.48. The average Bonchev–Trinajstić information content (AvgIpc) is 2.70. The molecule has 0 unspecified atom stereocenters. The Labute approximate surface area is 176 Å². The number of carbonyl (C=O) groups is 3. The molecule has 0 aliphatic heterocycles. The number of ketones is 3. The third kappa shape index (κ3) is 8.55. The molecule has 0 amide bonds. The lowest BCUT2D eigenvalue weighted by Gasteiger charge is -2.09. The Bertz CT molecular complexity index is 816. The van der Waals surface area contributed by atoms with Crippen LogP contribution in [0.4, 0.5) is 0 Å². The largest absolute Gasteiger partial charge is 0.300 e. The summed E-state index contributed by atoms with van der Waals surface area (Å²) in [6.07, 6.45) is 1.33. The van der Waals surface area contributed by atoms with E-state index in [0.717, 1.165) is 17.5 Å². The summed E-state index contributed by atoms with van der Waals surface area (Å²) in [4.78, 5) is 34.9. The fraction of sp³-hybridized carbons (Fsp3) is 0.423. The molecule has 0 N–H and O–H groups in total. The summed E-state index contributed by atoms with van der Waals surface area (Å²) in [7, 11) is 0. The van der Waals surface area contributed by atoms with Gasteiger partial charge in [-0.15, -0.1) is 0 Å². The molecule has 158 valence electrons. The predicted molar refractivity (Wildman–Crippen MR) is 122 cm³/mol. The van der Waals surface area contributed by atoms with Crippen molar-refractivity contribution in [2.75, 3.05) is 0 Å². The van der Waals surface area contributed by atoms with Crippen molar-refractivity contribution in [3.05, 3.63) is 70.3 Å². The van der Waals surface area contributed by atoms with Gasteiger partial charge in [-0.2, -0.15) is 0 Å². The van der Waals surface area contributed by atoms with Crippen molar-refractivity contribution in [2.24, 2.45) is 5.92 Å². The molecule has 0 radical (unpaired) electrons. The van der Waals surface area contributed by atoms with Gasteiger partial charge in [0, 0.05) is 29.0 Å². The zero-order valence-electron chi connectivity index (χ0n) is 19.3. The van der Waals surface area contributed by atoms with Crippen LogP contribution in [0, 0.1) is 19.8 Å². The fourth-order valence-electron chi connectivity index (χ4n) is 2.38. The lowest BCUT2D eigenvalue weighted by atomic mass is 9.93. The van der Waals surface area contributed by atoms with E-state index in [9.17, 15) is 14.4 Å². The number of rotatable bonds is 6. The second-order valence-electron chi connectivity index (χ2n) is 7.11. The van der Waals surface area contributed by atoms with E-state index in [1.54, 1.807) is 13.0 Å². The molecule has 0 saturated carbocycles. The monoisotopic (exact) mass is 396 g/mol. The van der Waals surface area contributed by atoms with E-state index in [1.807, 2.05) is 84.9 Å². The van der Waals surface area contributed by atoms with E-state index >= 15 is 0 Å². The molecule has 0 aliphatic carbocycles. The lowest BCUT2D eigenvalue weighted by molar-refractivity contribution is -0.119. The summed E-state index contributed by atoms with van der Waals surface area (Å²) in [5, 5.41) is 0. The van der Waals surface area contributed by atoms with Gasteiger partial charge in [-0.3, -0.25) is 14.4 Å². The zero-order chi connectivity index (χ0) is 22.6. The molecule has 2 aromatic rings. The summed E-state index contributed by atoms with van der Waals surface area (Å²) in [6, 6.07) is 12.9. The van der Waals surface area contributed by atoms with E-state index in [2.05, 4.69) is 0 Å². The van der Waals surface area contributed by atoms with Gasteiger partial charge in [-0.1, -0.05) is 71.0 Å². The summed E-state index contributed by atoms with van der Waals surface area (Å²) in [5.74, 6) is 0.549. The maximum absolute atomic E-state index is 12.7. The van der Waals surface area contributed by atoms with Gasteiger partial charge >= 0.3 is 0 Å². The van der Waals surface area contributed by atoms with Crippen molar-refractivity contribution in [3.8, 4) is 0 Å². The van der Waals surface area contributed by atoms with E-state index < -0.39 is 0 Å². The van der Waals surface area contributed by atoms with E-state index in [1.165, 1.54) is 0 Å². The minimum absolute atomic E-state index is 0.0169. The molecule has 0 fully saturated rings. The van der Waals surface area contributed by atoms with Crippen molar-refractivity contribution < 1.29 is 14.4 Å². The normalized spacial score (nSPS) is 9.69. The zero-order valence-corrected chi connectivity index (χ0v) is 19.3. The molecule has 3 heteroatoms. The molecule has 0 saturated heterocycles. The molecule has 2 aromatic carbocycles. The lowest BCUT2D eigenvalue weighted by Crippen LogP contribution is -2.08. The van der Waals surface area contributed by atoms with Crippen molar-refractivity contribution in [1.29, 1.82) is 0 Å². The molecule has 0 bridgehead atoms. The highest BCUT2D eigenvalue weighted by Gasteiger charge is 2.16. The smallest absolute Gasteiger partial charge is 0.193 e. The first-order valence-electron chi connectivity index (χ1n) is 10.4.